The number of hydrogen-bond acceptors (Lipinski definition) is 10. The van der Waals surface area contributed by atoms with Gasteiger partial charge in [0.1, 0.15) is 0 Å². The molecule has 0 aliphatic heterocycles. The summed E-state index contributed by atoms with van der Waals surface area (Å²) in [5.74, 6) is -0.714. The molecular weight excluding hydrogens is 759 g/mol. The molecule has 0 aromatic rings. The third-order valence-electron chi connectivity index (χ3n) is 12.1. The molecule has 0 unspecified atom stereocenters. The first kappa shape index (κ1) is 55.8. The van der Waals surface area contributed by atoms with Crippen molar-refractivity contribution in [2.24, 2.45) is 11.8 Å². The van der Waals surface area contributed by atoms with Crippen LogP contribution in [0.1, 0.15) is 233 Å². The van der Waals surface area contributed by atoms with Gasteiger partial charge in [-0.2, -0.15) is 0 Å². The van der Waals surface area contributed by atoms with Gasteiger partial charge in [0.05, 0.1) is 32.5 Å². The lowest BCUT2D eigenvalue weighted by Crippen LogP contribution is -2.47. The van der Waals surface area contributed by atoms with Crippen LogP contribution < -0.4 is 0 Å². The number of carbonyl (C=O) groups excluding carboxylic acids is 4. The van der Waals surface area contributed by atoms with E-state index in [9.17, 15) is 24.3 Å². The second-order valence-electron chi connectivity index (χ2n) is 17.9. The van der Waals surface area contributed by atoms with Gasteiger partial charge in [0.15, 0.2) is 0 Å². The molecule has 0 bridgehead atoms. The third kappa shape index (κ3) is 32.5. The van der Waals surface area contributed by atoms with Crippen LogP contribution in [0, 0.1) is 11.8 Å². The Labute approximate surface area is 367 Å². The standard InChI is InChI=1S/C50H93NO9/c1-5-9-13-17-21-31-47(53)57-39-43(40-58-48(54)32-22-18-14-10-6-2)29-25-27-35-51(45-37-46(52)38-45)36-28-26-30-44(41-59-49(55)33-23-19-15-11-7-3)42-60-50(56)34-24-20-16-12-8-4/h43-46,52H,5-42H2,1-4H3/t45-,46+. The number of rotatable bonds is 43. The molecule has 352 valence electrons. The zero-order valence-corrected chi connectivity index (χ0v) is 39.3. The van der Waals surface area contributed by atoms with Gasteiger partial charge in [-0.25, -0.2) is 0 Å². The SMILES string of the molecule is CCCCCCCC(=O)OCC(CCCCN(CCCCC(COC(=O)CCCCCCC)COC(=O)CCCCCCC)[C@H]1C[C@@H](O)C1)COC(=O)CCCCCCC. The average molecular weight is 852 g/mol. The molecule has 10 heteroatoms. The van der Waals surface area contributed by atoms with Crippen molar-refractivity contribution in [3.8, 4) is 0 Å². The van der Waals surface area contributed by atoms with Crippen molar-refractivity contribution in [2.45, 2.75) is 245 Å². The van der Waals surface area contributed by atoms with Crippen LogP contribution in [0.2, 0.25) is 0 Å². The molecular formula is C50H93NO9. The zero-order chi connectivity index (χ0) is 43.9. The topological polar surface area (TPSA) is 129 Å². The molecule has 0 spiro atoms. The van der Waals surface area contributed by atoms with Gasteiger partial charge in [-0.3, -0.25) is 19.2 Å². The van der Waals surface area contributed by atoms with Gasteiger partial charge in [-0.1, -0.05) is 143 Å². The summed E-state index contributed by atoms with van der Waals surface area (Å²) in [7, 11) is 0. The summed E-state index contributed by atoms with van der Waals surface area (Å²) in [4.78, 5) is 52.7. The van der Waals surface area contributed by atoms with E-state index in [0.717, 1.165) is 142 Å². The Morgan fingerprint density at radius 3 is 0.983 bits per heavy atom. The van der Waals surface area contributed by atoms with Crippen molar-refractivity contribution in [2.75, 3.05) is 39.5 Å². The maximum absolute atomic E-state index is 12.5. The number of aliphatic hydroxyl groups is 1. The average Bonchev–Trinajstić information content (AvgIpc) is 3.22. The number of unbranched alkanes of at least 4 members (excludes halogenated alkanes) is 18. The van der Waals surface area contributed by atoms with E-state index in [1.165, 1.54) is 51.4 Å². The minimum atomic E-state index is -0.239. The molecule has 0 radical (unpaired) electrons. The lowest BCUT2D eigenvalue weighted by Gasteiger charge is -2.41. The van der Waals surface area contributed by atoms with Crippen molar-refractivity contribution >= 4 is 23.9 Å². The summed E-state index contributed by atoms with van der Waals surface area (Å²) in [5.41, 5.74) is 0. The highest BCUT2D eigenvalue weighted by atomic mass is 16.6. The summed E-state index contributed by atoms with van der Waals surface area (Å²) >= 11 is 0. The Morgan fingerprint density at radius 2 is 0.717 bits per heavy atom. The second kappa shape index (κ2) is 39.6. The maximum atomic E-state index is 12.5. The molecule has 1 fully saturated rings. The fraction of sp³-hybridized carbons (Fsp3) is 0.920. The Hall–Kier alpha value is -2.20. The van der Waals surface area contributed by atoms with E-state index >= 15 is 0 Å². The van der Waals surface area contributed by atoms with E-state index in [-0.39, 0.29) is 68.2 Å². The van der Waals surface area contributed by atoms with E-state index < -0.39 is 0 Å². The molecule has 0 amide bonds. The molecule has 0 atom stereocenters. The Bertz CT molecular complexity index is 917. The van der Waals surface area contributed by atoms with Crippen molar-refractivity contribution < 1.29 is 43.2 Å². The third-order valence-corrected chi connectivity index (χ3v) is 12.1. The summed E-state index contributed by atoms with van der Waals surface area (Å²) in [6.07, 6.45) is 30.1. The Kier molecular flexibility index (Phi) is 36.9. The molecule has 1 rings (SSSR count). The van der Waals surface area contributed by atoms with E-state index in [4.69, 9.17) is 18.9 Å². The quantitative estimate of drug-likeness (QED) is 0.0359. The molecule has 0 heterocycles. The minimum Gasteiger partial charge on any atom is -0.465 e. The maximum Gasteiger partial charge on any atom is 0.305 e. The van der Waals surface area contributed by atoms with Crippen LogP contribution in [0.4, 0.5) is 0 Å². The predicted octanol–water partition coefficient (Wildman–Crippen LogP) is 12.0. The normalized spacial score (nSPS) is 15.1. The van der Waals surface area contributed by atoms with Crippen molar-refractivity contribution in [1.82, 2.24) is 4.90 Å². The van der Waals surface area contributed by atoms with Crippen LogP contribution in [0.5, 0.6) is 0 Å². The van der Waals surface area contributed by atoms with Crippen LogP contribution >= 0.6 is 0 Å². The van der Waals surface area contributed by atoms with Crippen LogP contribution in [0.25, 0.3) is 0 Å². The summed E-state index contributed by atoms with van der Waals surface area (Å²) in [6, 6.07) is 0.361. The molecule has 10 nitrogen and oxygen atoms in total. The molecule has 0 saturated heterocycles. The number of ether oxygens (including phenoxy) is 4. The van der Waals surface area contributed by atoms with Gasteiger partial charge in [0, 0.05) is 43.6 Å². The van der Waals surface area contributed by atoms with Crippen molar-refractivity contribution in [3.63, 3.8) is 0 Å². The van der Waals surface area contributed by atoms with Crippen LogP contribution in [0.3, 0.4) is 0 Å². The molecule has 0 aromatic heterocycles. The fourth-order valence-corrected chi connectivity index (χ4v) is 7.88. The number of carbonyl (C=O) groups is 4. The zero-order valence-electron chi connectivity index (χ0n) is 39.3. The molecule has 1 aliphatic rings. The highest BCUT2D eigenvalue weighted by molar-refractivity contribution is 5.70. The molecule has 1 saturated carbocycles. The van der Waals surface area contributed by atoms with Crippen molar-refractivity contribution in [3.05, 3.63) is 0 Å². The van der Waals surface area contributed by atoms with Gasteiger partial charge >= 0.3 is 23.9 Å². The highest BCUT2D eigenvalue weighted by Gasteiger charge is 2.32. The first-order valence-corrected chi connectivity index (χ1v) is 25.3. The molecule has 60 heavy (non-hydrogen) atoms. The summed E-state index contributed by atoms with van der Waals surface area (Å²) in [6.45, 7) is 11.7. The van der Waals surface area contributed by atoms with Gasteiger partial charge in [-0.15, -0.1) is 0 Å². The smallest absolute Gasteiger partial charge is 0.305 e. The van der Waals surface area contributed by atoms with E-state index in [0.29, 0.717) is 31.7 Å². The lowest BCUT2D eigenvalue weighted by molar-refractivity contribution is -0.151. The minimum absolute atomic E-state index is 0.0284. The van der Waals surface area contributed by atoms with Crippen LogP contribution in [-0.4, -0.2) is 85.5 Å². The first-order valence-electron chi connectivity index (χ1n) is 25.3. The van der Waals surface area contributed by atoms with E-state index in [2.05, 4.69) is 32.6 Å². The van der Waals surface area contributed by atoms with Crippen molar-refractivity contribution in [1.29, 1.82) is 0 Å². The van der Waals surface area contributed by atoms with E-state index in [1.807, 2.05) is 0 Å². The number of aliphatic hydroxyl groups excluding tert-OH is 1. The lowest BCUT2D eigenvalue weighted by atomic mass is 9.87. The summed E-state index contributed by atoms with van der Waals surface area (Å²) < 4.78 is 22.8. The van der Waals surface area contributed by atoms with Gasteiger partial charge in [0.25, 0.3) is 0 Å². The number of nitrogens with zero attached hydrogens (tertiary/aromatic N) is 1. The Morgan fingerprint density at radius 1 is 0.433 bits per heavy atom. The first-order chi connectivity index (χ1) is 29.2. The van der Waals surface area contributed by atoms with Crippen LogP contribution in [0.15, 0.2) is 0 Å². The number of hydrogen-bond donors (Lipinski definition) is 1. The monoisotopic (exact) mass is 852 g/mol. The predicted molar refractivity (Wildman–Crippen MR) is 243 cm³/mol. The fourth-order valence-electron chi connectivity index (χ4n) is 7.88. The summed E-state index contributed by atoms with van der Waals surface area (Å²) in [5, 5.41) is 10.1. The largest absolute Gasteiger partial charge is 0.465 e. The van der Waals surface area contributed by atoms with Crippen LogP contribution in [-0.2, 0) is 38.1 Å². The number of esters is 4. The van der Waals surface area contributed by atoms with Gasteiger partial charge in [-0.05, 0) is 77.3 Å². The van der Waals surface area contributed by atoms with E-state index in [1.54, 1.807) is 0 Å². The van der Waals surface area contributed by atoms with Gasteiger partial charge in [0.2, 0.25) is 0 Å². The molecule has 1 N–H and O–H groups in total. The van der Waals surface area contributed by atoms with Gasteiger partial charge < -0.3 is 29.0 Å². The molecule has 0 aromatic carbocycles. The highest BCUT2D eigenvalue weighted by Crippen LogP contribution is 2.27. The Balaban J connectivity index is 2.67. The molecule has 1 aliphatic carbocycles. The second-order valence-corrected chi connectivity index (χ2v) is 17.9.